The van der Waals surface area contributed by atoms with Crippen molar-refractivity contribution in [3.8, 4) is 0 Å². The Morgan fingerprint density at radius 3 is 2.90 bits per heavy atom. The van der Waals surface area contributed by atoms with Gasteiger partial charge in [0.15, 0.2) is 5.13 Å². The maximum Gasteiger partial charge on any atom is 0.257 e. The van der Waals surface area contributed by atoms with Gasteiger partial charge in [0.1, 0.15) is 5.82 Å². The lowest BCUT2D eigenvalue weighted by Gasteiger charge is -2.15. The lowest BCUT2D eigenvalue weighted by atomic mass is 9.93. The molecule has 1 aromatic carbocycles. The number of nitrogens with zero attached hydrogens (tertiary/aromatic N) is 1. The summed E-state index contributed by atoms with van der Waals surface area (Å²) >= 11 is 1.55. The maximum atomic E-state index is 12.8. The van der Waals surface area contributed by atoms with Crippen LogP contribution in [0.25, 0.3) is 0 Å². The molecule has 3 rings (SSSR count). The number of hydrogen-bond acceptors (Lipinski definition) is 3. The number of benzene rings is 1. The van der Waals surface area contributed by atoms with Crippen molar-refractivity contribution in [3.05, 3.63) is 46.2 Å². The Hall–Kier alpha value is -1.75. The zero-order valence-corrected chi connectivity index (χ0v) is 12.0. The van der Waals surface area contributed by atoms with Gasteiger partial charge in [-0.2, -0.15) is 0 Å². The van der Waals surface area contributed by atoms with Gasteiger partial charge in [0.2, 0.25) is 0 Å². The first-order chi connectivity index (χ1) is 9.61. The van der Waals surface area contributed by atoms with Crippen LogP contribution in [0.4, 0.5) is 9.52 Å². The molecule has 1 aliphatic rings. The zero-order valence-electron chi connectivity index (χ0n) is 11.1. The summed E-state index contributed by atoms with van der Waals surface area (Å²) in [5.41, 5.74) is 1.55. The van der Waals surface area contributed by atoms with Gasteiger partial charge in [-0.25, -0.2) is 9.37 Å². The molecular formula is C15H15FN2OS. The molecule has 3 nitrogen and oxygen atoms in total. The molecule has 1 atom stereocenters. The quantitative estimate of drug-likeness (QED) is 0.917. The van der Waals surface area contributed by atoms with E-state index in [9.17, 15) is 9.18 Å². The third-order valence-electron chi connectivity index (χ3n) is 3.51. The van der Waals surface area contributed by atoms with Crippen LogP contribution in [0.3, 0.4) is 0 Å². The number of halogens is 1. The van der Waals surface area contributed by atoms with Crippen LogP contribution in [0, 0.1) is 11.7 Å². The summed E-state index contributed by atoms with van der Waals surface area (Å²) in [6.45, 7) is 2.24. The number of aryl methyl sites for hydroxylation is 1. The topological polar surface area (TPSA) is 42.0 Å². The summed E-state index contributed by atoms with van der Waals surface area (Å²) in [6, 6.07) is 5.51. The van der Waals surface area contributed by atoms with Gasteiger partial charge in [-0.15, -0.1) is 11.3 Å². The van der Waals surface area contributed by atoms with E-state index >= 15 is 0 Å². The summed E-state index contributed by atoms with van der Waals surface area (Å²) in [7, 11) is 0. The number of anilines is 1. The van der Waals surface area contributed by atoms with E-state index in [1.807, 2.05) is 0 Å². The number of carbonyl (C=O) groups excluding carboxylic acids is 1. The van der Waals surface area contributed by atoms with E-state index in [1.165, 1.54) is 29.1 Å². The highest BCUT2D eigenvalue weighted by Gasteiger charge is 2.20. The summed E-state index contributed by atoms with van der Waals surface area (Å²) < 4.78 is 12.8. The van der Waals surface area contributed by atoms with E-state index in [2.05, 4.69) is 17.2 Å². The molecule has 1 aromatic heterocycles. The minimum absolute atomic E-state index is 0.246. The van der Waals surface area contributed by atoms with Crippen LogP contribution in [0.2, 0.25) is 0 Å². The number of nitrogens with one attached hydrogen (secondary N) is 1. The average molecular weight is 290 g/mol. The number of carbonyl (C=O) groups is 1. The molecule has 0 fully saturated rings. The standard InChI is InChI=1S/C15H15FN2OS/c1-9-2-7-12-13(8-9)20-15(17-12)18-14(19)10-3-5-11(16)6-4-10/h3-6,9H,2,7-8H2,1H3,(H,17,18,19)/t9-/m1/s1. The van der Waals surface area contributed by atoms with Crippen molar-refractivity contribution in [2.24, 2.45) is 5.92 Å². The number of amides is 1. The Morgan fingerprint density at radius 2 is 2.15 bits per heavy atom. The fourth-order valence-corrected chi connectivity index (χ4v) is 3.53. The van der Waals surface area contributed by atoms with Gasteiger partial charge < -0.3 is 0 Å². The average Bonchev–Trinajstić information content (AvgIpc) is 2.80. The highest BCUT2D eigenvalue weighted by molar-refractivity contribution is 7.15. The normalized spacial score (nSPS) is 17.6. The first-order valence-corrected chi connectivity index (χ1v) is 7.49. The minimum Gasteiger partial charge on any atom is -0.298 e. The number of hydrogen-bond donors (Lipinski definition) is 1. The molecule has 0 spiro atoms. The first kappa shape index (κ1) is 13.2. The molecule has 0 bridgehead atoms. The molecule has 0 aliphatic heterocycles. The molecule has 20 heavy (non-hydrogen) atoms. The number of rotatable bonds is 2. The Kier molecular flexibility index (Phi) is 3.53. The minimum atomic E-state index is -0.347. The van der Waals surface area contributed by atoms with Gasteiger partial charge in [0.25, 0.3) is 5.91 Å². The number of aromatic nitrogens is 1. The van der Waals surface area contributed by atoms with E-state index in [0.29, 0.717) is 16.6 Å². The molecule has 104 valence electrons. The largest absolute Gasteiger partial charge is 0.298 e. The van der Waals surface area contributed by atoms with E-state index in [4.69, 9.17) is 0 Å². The van der Waals surface area contributed by atoms with Crippen molar-refractivity contribution in [1.29, 1.82) is 0 Å². The Balaban J connectivity index is 1.75. The zero-order chi connectivity index (χ0) is 14.1. The Morgan fingerprint density at radius 1 is 1.40 bits per heavy atom. The fraction of sp³-hybridized carbons (Fsp3) is 0.333. The summed E-state index contributed by atoms with van der Waals surface area (Å²) in [5.74, 6) is 0.0907. The molecule has 0 radical (unpaired) electrons. The molecule has 1 heterocycles. The Bertz CT molecular complexity index is 636. The van der Waals surface area contributed by atoms with E-state index in [0.717, 1.165) is 25.0 Å². The Labute approximate surface area is 120 Å². The van der Waals surface area contributed by atoms with Crippen LogP contribution in [0.5, 0.6) is 0 Å². The number of thiazole rings is 1. The van der Waals surface area contributed by atoms with Crippen molar-refractivity contribution in [1.82, 2.24) is 4.98 Å². The second-order valence-corrected chi connectivity index (χ2v) is 6.28. The summed E-state index contributed by atoms with van der Waals surface area (Å²) in [4.78, 5) is 17.8. The molecule has 0 saturated heterocycles. The van der Waals surface area contributed by atoms with Crippen molar-refractivity contribution < 1.29 is 9.18 Å². The number of fused-ring (bicyclic) bond motifs is 1. The van der Waals surface area contributed by atoms with Gasteiger partial charge in [-0.05, 0) is 49.4 Å². The van der Waals surface area contributed by atoms with E-state index < -0.39 is 0 Å². The molecule has 1 aliphatic carbocycles. The molecule has 5 heteroatoms. The van der Waals surface area contributed by atoms with Gasteiger partial charge in [0.05, 0.1) is 5.69 Å². The van der Waals surface area contributed by atoms with E-state index in [1.54, 1.807) is 11.3 Å². The van der Waals surface area contributed by atoms with Crippen LogP contribution < -0.4 is 5.32 Å². The molecule has 0 unspecified atom stereocenters. The third kappa shape index (κ3) is 2.72. The van der Waals surface area contributed by atoms with Gasteiger partial charge in [0, 0.05) is 10.4 Å². The second-order valence-electron chi connectivity index (χ2n) is 5.20. The predicted octanol–water partition coefficient (Wildman–Crippen LogP) is 3.66. The predicted molar refractivity (Wildman–Crippen MR) is 77.7 cm³/mol. The van der Waals surface area contributed by atoms with Crippen molar-refractivity contribution in [2.45, 2.75) is 26.2 Å². The third-order valence-corrected chi connectivity index (χ3v) is 4.55. The second kappa shape index (κ2) is 5.32. The van der Waals surface area contributed by atoms with Crippen LogP contribution in [0.15, 0.2) is 24.3 Å². The highest BCUT2D eigenvalue weighted by Crippen LogP contribution is 2.32. The van der Waals surface area contributed by atoms with Gasteiger partial charge >= 0.3 is 0 Å². The maximum absolute atomic E-state index is 12.8. The summed E-state index contributed by atoms with van der Waals surface area (Å²) in [5, 5.41) is 3.43. The van der Waals surface area contributed by atoms with E-state index in [-0.39, 0.29) is 11.7 Å². The smallest absolute Gasteiger partial charge is 0.257 e. The van der Waals surface area contributed by atoms with Crippen molar-refractivity contribution in [2.75, 3.05) is 5.32 Å². The van der Waals surface area contributed by atoms with Crippen LogP contribution in [-0.4, -0.2) is 10.9 Å². The van der Waals surface area contributed by atoms with Crippen LogP contribution in [-0.2, 0) is 12.8 Å². The molecule has 0 saturated carbocycles. The first-order valence-electron chi connectivity index (χ1n) is 6.67. The molecule has 1 N–H and O–H groups in total. The van der Waals surface area contributed by atoms with Crippen molar-refractivity contribution >= 4 is 22.4 Å². The van der Waals surface area contributed by atoms with Gasteiger partial charge in [-0.3, -0.25) is 10.1 Å². The van der Waals surface area contributed by atoms with Crippen molar-refractivity contribution in [3.63, 3.8) is 0 Å². The summed E-state index contributed by atoms with van der Waals surface area (Å²) in [6.07, 6.45) is 3.18. The monoisotopic (exact) mass is 290 g/mol. The molecule has 1 amide bonds. The molecule has 2 aromatic rings. The SMILES string of the molecule is C[C@@H]1CCc2nc(NC(=O)c3ccc(F)cc3)sc2C1. The van der Waals surface area contributed by atoms with Gasteiger partial charge in [-0.1, -0.05) is 6.92 Å². The lowest BCUT2D eigenvalue weighted by Crippen LogP contribution is -2.12. The fourth-order valence-electron chi connectivity index (χ4n) is 2.36. The highest BCUT2D eigenvalue weighted by atomic mass is 32.1. The lowest BCUT2D eigenvalue weighted by molar-refractivity contribution is 0.102. The molecular weight excluding hydrogens is 275 g/mol. The van der Waals surface area contributed by atoms with Crippen LogP contribution >= 0.6 is 11.3 Å². The van der Waals surface area contributed by atoms with Crippen LogP contribution in [0.1, 0.15) is 34.3 Å².